The van der Waals surface area contributed by atoms with Crippen LogP contribution < -0.4 is 0 Å². The van der Waals surface area contributed by atoms with Crippen molar-refractivity contribution in [3.05, 3.63) is 34.9 Å². The number of unbranched alkanes of at least 4 members (excludes halogenated alkanes) is 1. The van der Waals surface area contributed by atoms with Gasteiger partial charge in [0.1, 0.15) is 0 Å². The number of carboxylic acids is 2. The highest BCUT2D eigenvalue weighted by molar-refractivity contribution is 6.17. The molecule has 0 saturated heterocycles. The van der Waals surface area contributed by atoms with Crippen molar-refractivity contribution in [2.24, 2.45) is 0 Å². The van der Waals surface area contributed by atoms with Crippen molar-refractivity contribution in [1.82, 2.24) is 0 Å². The largest absolute Gasteiger partial charge is 0.478 e. The second kappa shape index (κ2) is 6.25. The first-order valence-electron chi connectivity index (χ1n) is 5.22. The number of rotatable bonds is 6. The van der Waals surface area contributed by atoms with Crippen LogP contribution >= 0.6 is 11.6 Å². The zero-order valence-electron chi connectivity index (χ0n) is 9.15. The predicted octanol–water partition coefficient (Wildman–Crippen LogP) is 2.64. The van der Waals surface area contributed by atoms with Gasteiger partial charge in [-0.15, -0.1) is 11.6 Å². The molecule has 0 heterocycles. The summed E-state index contributed by atoms with van der Waals surface area (Å²) in [5.74, 6) is -1.72. The Hall–Kier alpha value is -1.55. The normalized spacial score (nSPS) is 10.2. The maximum absolute atomic E-state index is 11.0. The lowest BCUT2D eigenvalue weighted by molar-refractivity contribution is 0.0695. The highest BCUT2D eigenvalue weighted by atomic mass is 35.5. The highest BCUT2D eigenvalue weighted by Gasteiger charge is 2.17. The average molecular weight is 257 g/mol. The van der Waals surface area contributed by atoms with Crippen LogP contribution in [-0.2, 0) is 6.42 Å². The Labute approximate surface area is 104 Å². The molecule has 0 aliphatic carbocycles. The van der Waals surface area contributed by atoms with E-state index < -0.39 is 11.9 Å². The zero-order chi connectivity index (χ0) is 12.8. The zero-order valence-corrected chi connectivity index (χ0v) is 9.91. The first-order chi connectivity index (χ1) is 8.07. The fraction of sp³-hybridized carbons (Fsp3) is 0.333. The first-order valence-corrected chi connectivity index (χ1v) is 5.75. The summed E-state index contributed by atoms with van der Waals surface area (Å²) in [6.07, 6.45) is 1.82. The molecule has 4 nitrogen and oxygen atoms in total. The van der Waals surface area contributed by atoms with E-state index in [4.69, 9.17) is 21.8 Å². The molecule has 0 aliphatic heterocycles. The standard InChI is InChI=1S/C12H13ClO4/c13-7-2-1-4-8-9(11(14)15)5-3-6-10(8)12(16)17/h3,5-6H,1-2,4,7H2,(H,14,15)(H,16,17). The summed E-state index contributed by atoms with van der Waals surface area (Å²) in [4.78, 5) is 22.0. The number of hydrogen-bond acceptors (Lipinski definition) is 2. The van der Waals surface area contributed by atoms with Crippen molar-refractivity contribution in [1.29, 1.82) is 0 Å². The van der Waals surface area contributed by atoms with Crippen LogP contribution in [0.1, 0.15) is 39.1 Å². The van der Waals surface area contributed by atoms with E-state index in [2.05, 4.69) is 0 Å². The minimum absolute atomic E-state index is 0.0551. The van der Waals surface area contributed by atoms with E-state index in [1.165, 1.54) is 18.2 Å². The van der Waals surface area contributed by atoms with Crippen molar-refractivity contribution >= 4 is 23.5 Å². The van der Waals surface area contributed by atoms with Gasteiger partial charge in [-0.1, -0.05) is 6.07 Å². The number of halogens is 1. The second-order valence-electron chi connectivity index (χ2n) is 3.59. The molecule has 0 fully saturated rings. The molecule has 17 heavy (non-hydrogen) atoms. The molecule has 0 saturated carbocycles. The van der Waals surface area contributed by atoms with Gasteiger partial charge in [0.2, 0.25) is 0 Å². The molecule has 0 aromatic heterocycles. The summed E-state index contributed by atoms with van der Waals surface area (Å²) in [5, 5.41) is 18.0. The van der Waals surface area contributed by atoms with Crippen LogP contribution in [0.2, 0.25) is 0 Å². The minimum atomic E-state index is -1.10. The van der Waals surface area contributed by atoms with Crippen molar-refractivity contribution in [2.45, 2.75) is 19.3 Å². The number of aromatic carboxylic acids is 2. The van der Waals surface area contributed by atoms with Crippen LogP contribution in [0.15, 0.2) is 18.2 Å². The number of hydrogen-bond donors (Lipinski definition) is 2. The second-order valence-corrected chi connectivity index (χ2v) is 3.97. The van der Waals surface area contributed by atoms with E-state index in [1.807, 2.05) is 0 Å². The van der Waals surface area contributed by atoms with Gasteiger partial charge in [-0.2, -0.15) is 0 Å². The van der Waals surface area contributed by atoms with Gasteiger partial charge < -0.3 is 10.2 Å². The summed E-state index contributed by atoms with van der Waals surface area (Å²) in [6.45, 7) is 0. The molecule has 92 valence electrons. The molecule has 1 rings (SSSR count). The molecule has 5 heteroatoms. The Morgan fingerprint density at radius 1 is 1.06 bits per heavy atom. The number of benzene rings is 1. The third kappa shape index (κ3) is 3.46. The number of alkyl halides is 1. The summed E-state index contributed by atoms with van der Waals surface area (Å²) < 4.78 is 0. The van der Waals surface area contributed by atoms with E-state index in [-0.39, 0.29) is 11.1 Å². The van der Waals surface area contributed by atoms with E-state index >= 15 is 0 Å². The van der Waals surface area contributed by atoms with Crippen LogP contribution in [0, 0.1) is 0 Å². The lowest BCUT2D eigenvalue weighted by Gasteiger charge is -2.09. The van der Waals surface area contributed by atoms with Gasteiger partial charge in [-0.3, -0.25) is 0 Å². The molecule has 0 aliphatic rings. The molecule has 0 radical (unpaired) electrons. The third-order valence-corrected chi connectivity index (χ3v) is 2.71. The Balaban J connectivity index is 3.10. The maximum atomic E-state index is 11.0. The molecule has 1 aromatic rings. The van der Waals surface area contributed by atoms with Gasteiger partial charge in [-0.05, 0) is 37.0 Å². The van der Waals surface area contributed by atoms with E-state index in [1.54, 1.807) is 0 Å². The Morgan fingerprint density at radius 2 is 1.59 bits per heavy atom. The average Bonchev–Trinajstić information content (AvgIpc) is 2.28. The number of carboxylic acid groups (broad SMARTS) is 2. The molecule has 0 spiro atoms. The van der Waals surface area contributed by atoms with Crippen molar-refractivity contribution in [3.63, 3.8) is 0 Å². The molecular weight excluding hydrogens is 244 g/mol. The SMILES string of the molecule is O=C(O)c1cccc(C(=O)O)c1CCCCCl. The fourth-order valence-corrected chi connectivity index (χ4v) is 1.84. The lowest BCUT2D eigenvalue weighted by atomic mass is 9.96. The Bertz CT molecular complexity index is 396. The molecule has 0 atom stereocenters. The van der Waals surface area contributed by atoms with Crippen LogP contribution in [0.3, 0.4) is 0 Å². The van der Waals surface area contributed by atoms with E-state index in [9.17, 15) is 9.59 Å². The molecule has 1 aromatic carbocycles. The third-order valence-electron chi connectivity index (χ3n) is 2.45. The molecular formula is C12H13ClO4. The minimum Gasteiger partial charge on any atom is -0.478 e. The first kappa shape index (κ1) is 13.5. The van der Waals surface area contributed by atoms with E-state index in [0.717, 1.165) is 6.42 Å². The van der Waals surface area contributed by atoms with Gasteiger partial charge in [-0.25, -0.2) is 9.59 Å². The summed E-state index contributed by atoms with van der Waals surface area (Å²) in [6, 6.07) is 4.29. The molecule has 0 bridgehead atoms. The Morgan fingerprint density at radius 3 is 2.00 bits per heavy atom. The van der Waals surface area contributed by atoms with Gasteiger partial charge in [0.25, 0.3) is 0 Å². The molecule has 0 amide bonds. The van der Waals surface area contributed by atoms with Crippen LogP contribution in [0.25, 0.3) is 0 Å². The molecule has 0 unspecified atom stereocenters. The smallest absolute Gasteiger partial charge is 0.335 e. The number of carbonyl (C=O) groups is 2. The van der Waals surface area contributed by atoms with Gasteiger partial charge >= 0.3 is 11.9 Å². The monoisotopic (exact) mass is 256 g/mol. The topological polar surface area (TPSA) is 74.6 Å². The highest BCUT2D eigenvalue weighted by Crippen LogP contribution is 2.18. The van der Waals surface area contributed by atoms with Crippen LogP contribution in [0.5, 0.6) is 0 Å². The summed E-state index contributed by atoms with van der Waals surface area (Å²) in [7, 11) is 0. The lowest BCUT2D eigenvalue weighted by Crippen LogP contribution is -2.10. The van der Waals surface area contributed by atoms with Crippen molar-refractivity contribution < 1.29 is 19.8 Å². The van der Waals surface area contributed by atoms with Crippen LogP contribution in [-0.4, -0.2) is 28.0 Å². The fourth-order valence-electron chi connectivity index (χ4n) is 1.65. The van der Waals surface area contributed by atoms with Crippen molar-refractivity contribution in [3.8, 4) is 0 Å². The Kier molecular flexibility index (Phi) is 4.97. The van der Waals surface area contributed by atoms with Crippen molar-refractivity contribution in [2.75, 3.05) is 5.88 Å². The summed E-state index contributed by atoms with van der Waals surface area (Å²) in [5.41, 5.74) is 0.483. The molecule has 2 N–H and O–H groups in total. The summed E-state index contributed by atoms with van der Waals surface area (Å²) >= 11 is 5.54. The van der Waals surface area contributed by atoms with Gasteiger partial charge in [0, 0.05) is 5.88 Å². The van der Waals surface area contributed by atoms with Gasteiger partial charge in [0.05, 0.1) is 11.1 Å². The van der Waals surface area contributed by atoms with Gasteiger partial charge in [0.15, 0.2) is 0 Å². The quantitative estimate of drug-likeness (QED) is 0.606. The van der Waals surface area contributed by atoms with E-state index in [0.29, 0.717) is 24.3 Å². The predicted molar refractivity (Wildman–Crippen MR) is 64.0 cm³/mol. The maximum Gasteiger partial charge on any atom is 0.335 e. The van der Waals surface area contributed by atoms with Crippen LogP contribution in [0.4, 0.5) is 0 Å².